The zero-order valence-corrected chi connectivity index (χ0v) is 14.0. The van der Waals surface area contributed by atoms with Crippen LogP contribution in [0.1, 0.15) is 31.7 Å². The second kappa shape index (κ2) is 6.24. The van der Waals surface area contributed by atoms with E-state index in [-0.39, 0.29) is 6.04 Å². The van der Waals surface area contributed by atoms with Gasteiger partial charge in [-0.1, -0.05) is 31.5 Å². The number of amides is 1. The maximum Gasteiger partial charge on any atom is 0.404 e. The first-order valence-electron chi connectivity index (χ1n) is 7.74. The number of ether oxygens (including phenoxy) is 1. The van der Waals surface area contributed by atoms with Crippen LogP contribution in [0.15, 0.2) is 24.4 Å². The Hall–Kier alpha value is -2.01. The third kappa shape index (κ3) is 3.06. The summed E-state index contributed by atoms with van der Waals surface area (Å²) in [6.07, 6.45) is 2.07. The van der Waals surface area contributed by atoms with E-state index in [9.17, 15) is 4.79 Å². The molecule has 3 rings (SSSR count). The standard InChI is InChI=1S/C17H20ClN3O2/c1-10(2)12-3-4-15(14-8-20-16(18)7-13(12)14)21-6-5-11(21)9-23-17(19)22/h3-4,7-8,10-11H,5-6,9H2,1-2H3,(H2,19,22). The summed E-state index contributed by atoms with van der Waals surface area (Å²) in [7, 11) is 0. The summed E-state index contributed by atoms with van der Waals surface area (Å²) < 4.78 is 4.95. The summed E-state index contributed by atoms with van der Waals surface area (Å²) in [5.74, 6) is 0.399. The van der Waals surface area contributed by atoms with Gasteiger partial charge in [-0.3, -0.25) is 0 Å². The molecule has 0 spiro atoms. The van der Waals surface area contributed by atoms with E-state index in [0.717, 1.165) is 29.4 Å². The molecule has 2 heterocycles. The smallest absolute Gasteiger partial charge is 0.404 e. The number of nitrogens with zero attached hydrogens (tertiary/aromatic N) is 2. The van der Waals surface area contributed by atoms with Crippen LogP contribution in [0.2, 0.25) is 5.15 Å². The van der Waals surface area contributed by atoms with Crippen molar-refractivity contribution in [3.63, 3.8) is 0 Å². The van der Waals surface area contributed by atoms with Gasteiger partial charge < -0.3 is 15.4 Å². The lowest BCUT2D eigenvalue weighted by atomic mass is 9.94. The van der Waals surface area contributed by atoms with Crippen molar-refractivity contribution in [1.29, 1.82) is 0 Å². The Morgan fingerprint density at radius 3 is 2.87 bits per heavy atom. The van der Waals surface area contributed by atoms with Crippen LogP contribution in [0, 0.1) is 0 Å². The minimum absolute atomic E-state index is 0.159. The van der Waals surface area contributed by atoms with Gasteiger partial charge in [0.15, 0.2) is 0 Å². The van der Waals surface area contributed by atoms with Crippen LogP contribution < -0.4 is 10.6 Å². The van der Waals surface area contributed by atoms with Crippen LogP contribution >= 0.6 is 11.6 Å². The van der Waals surface area contributed by atoms with Crippen LogP contribution in [-0.2, 0) is 4.74 Å². The highest BCUT2D eigenvalue weighted by atomic mass is 35.5. The summed E-state index contributed by atoms with van der Waals surface area (Å²) in [5.41, 5.74) is 7.40. The average molecular weight is 334 g/mol. The zero-order chi connectivity index (χ0) is 16.6. The summed E-state index contributed by atoms with van der Waals surface area (Å²) in [5, 5.41) is 2.69. The third-order valence-corrected chi connectivity index (χ3v) is 4.58. The van der Waals surface area contributed by atoms with Crippen molar-refractivity contribution in [2.24, 2.45) is 5.73 Å². The molecule has 1 aliphatic heterocycles. The minimum Gasteiger partial charge on any atom is -0.448 e. The van der Waals surface area contributed by atoms with Crippen molar-refractivity contribution in [3.8, 4) is 0 Å². The molecule has 1 aromatic heterocycles. The van der Waals surface area contributed by atoms with Gasteiger partial charge in [0, 0.05) is 23.8 Å². The van der Waals surface area contributed by atoms with Gasteiger partial charge in [0.25, 0.3) is 0 Å². The van der Waals surface area contributed by atoms with Crippen molar-refractivity contribution in [1.82, 2.24) is 4.98 Å². The lowest BCUT2D eigenvalue weighted by molar-refractivity contribution is 0.139. The maximum absolute atomic E-state index is 10.8. The van der Waals surface area contributed by atoms with E-state index >= 15 is 0 Å². The van der Waals surface area contributed by atoms with Crippen molar-refractivity contribution in [2.45, 2.75) is 32.2 Å². The number of benzene rings is 1. The molecule has 1 saturated heterocycles. The minimum atomic E-state index is -0.731. The van der Waals surface area contributed by atoms with Gasteiger partial charge >= 0.3 is 6.09 Å². The molecule has 1 amide bonds. The summed E-state index contributed by atoms with van der Waals surface area (Å²) >= 11 is 6.09. The van der Waals surface area contributed by atoms with Gasteiger partial charge in [0.05, 0.1) is 6.04 Å². The van der Waals surface area contributed by atoms with E-state index in [0.29, 0.717) is 17.7 Å². The Labute approximate surface area is 140 Å². The molecule has 1 aromatic carbocycles. The van der Waals surface area contributed by atoms with Crippen LogP contribution in [-0.4, -0.2) is 30.3 Å². The fraction of sp³-hybridized carbons (Fsp3) is 0.412. The molecule has 122 valence electrons. The lowest BCUT2D eigenvalue weighted by Gasteiger charge is -2.43. The van der Waals surface area contributed by atoms with E-state index in [2.05, 4.69) is 35.9 Å². The molecule has 23 heavy (non-hydrogen) atoms. The number of carbonyl (C=O) groups is 1. The van der Waals surface area contributed by atoms with Gasteiger partial charge in [-0.15, -0.1) is 0 Å². The number of pyridine rings is 1. The highest BCUT2D eigenvalue weighted by molar-refractivity contribution is 6.30. The van der Waals surface area contributed by atoms with Gasteiger partial charge in [-0.2, -0.15) is 0 Å². The van der Waals surface area contributed by atoms with Gasteiger partial charge in [-0.05, 0) is 35.4 Å². The molecule has 2 aromatic rings. The van der Waals surface area contributed by atoms with Crippen LogP contribution in [0.25, 0.3) is 10.8 Å². The quantitative estimate of drug-likeness (QED) is 0.866. The SMILES string of the molecule is CC(C)c1ccc(N2CCC2COC(N)=O)c2cnc(Cl)cc12. The third-order valence-electron chi connectivity index (χ3n) is 4.37. The number of carbonyl (C=O) groups excluding carboxylic acids is 1. The zero-order valence-electron chi connectivity index (χ0n) is 13.3. The van der Waals surface area contributed by atoms with Crippen molar-refractivity contribution in [2.75, 3.05) is 18.1 Å². The first kappa shape index (κ1) is 15.9. The number of primary amides is 1. The van der Waals surface area contributed by atoms with Gasteiger partial charge in [0.2, 0.25) is 0 Å². The number of nitrogens with two attached hydrogens (primary N) is 1. The number of fused-ring (bicyclic) bond motifs is 1. The summed E-state index contributed by atoms with van der Waals surface area (Å²) in [6, 6.07) is 6.34. The molecule has 0 bridgehead atoms. The summed E-state index contributed by atoms with van der Waals surface area (Å²) in [6.45, 7) is 5.56. The normalized spacial score (nSPS) is 17.4. The van der Waals surface area contributed by atoms with Crippen LogP contribution in [0.4, 0.5) is 10.5 Å². The Kier molecular flexibility index (Phi) is 4.31. The number of aromatic nitrogens is 1. The topological polar surface area (TPSA) is 68.5 Å². The van der Waals surface area contributed by atoms with E-state index in [1.54, 1.807) is 0 Å². The Morgan fingerprint density at radius 1 is 1.48 bits per heavy atom. The largest absolute Gasteiger partial charge is 0.448 e. The molecule has 6 heteroatoms. The Balaban J connectivity index is 1.99. The fourth-order valence-electron chi connectivity index (χ4n) is 3.08. The molecule has 0 saturated carbocycles. The van der Waals surface area contributed by atoms with E-state index in [4.69, 9.17) is 22.1 Å². The molecular weight excluding hydrogens is 314 g/mol. The molecular formula is C17H20ClN3O2. The predicted octanol–water partition coefficient (Wildman–Crippen LogP) is 3.69. The monoisotopic (exact) mass is 333 g/mol. The fourth-order valence-corrected chi connectivity index (χ4v) is 3.24. The van der Waals surface area contributed by atoms with Gasteiger partial charge in [0.1, 0.15) is 11.8 Å². The van der Waals surface area contributed by atoms with Crippen molar-refractivity contribution >= 4 is 34.2 Å². The predicted molar refractivity (Wildman–Crippen MR) is 92.1 cm³/mol. The molecule has 1 aliphatic rings. The highest BCUT2D eigenvalue weighted by Gasteiger charge is 2.30. The number of hydrogen-bond acceptors (Lipinski definition) is 4. The lowest BCUT2D eigenvalue weighted by Crippen LogP contribution is -2.51. The Bertz CT molecular complexity index is 748. The molecule has 1 fully saturated rings. The molecule has 2 N–H and O–H groups in total. The van der Waals surface area contributed by atoms with Gasteiger partial charge in [-0.25, -0.2) is 9.78 Å². The average Bonchev–Trinajstić information content (AvgIpc) is 2.45. The van der Waals surface area contributed by atoms with E-state index < -0.39 is 6.09 Å². The first-order chi connectivity index (χ1) is 11.0. The van der Waals surface area contributed by atoms with Crippen molar-refractivity contribution in [3.05, 3.63) is 35.1 Å². The first-order valence-corrected chi connectivity index (χ1v) is 8.12. The molecule has 5 nitrogen and oxygen atoms in total. The van der Waals surface area contributed by atoms with E-state index in [1.165, 1.54) is 5.56 Å². The van der Waals surface area contributed by atoms with Crippen LogP contribution in [0.3, 0.4) is 0 Å². The number of halogens is 1. The maximum atomic E-state index is 10.8. The van der Waals surface area contributed by atoms with Crippen molar-refractivity contribution < 1.29 is 9.53 Å². The molecule has 1 atom stereocenters. The van der Waals surface area contributed by atoms with E-state index in [1.807, 2.05) is 12.3 Å². The van der Waals surface area contributed by atoms with Crippen LogP contribution in [0.5, 0.6) is 0 Å². The number of hydrogen-bond donors (Lipinski definition) is 1. The Morgan fingerprint density at radius 2 is 2.26 bits per heavy atom. The second-order valence-electron chi connectivity index (χ2n) is 6.15. The second-order valence-corrected chi connectivity index (χ2v) is 6.53. The summed E-state index contributed by atoms with van der Waals surface area (Å²) in [4.78, 5) is 17.3. The number of rotatable bonds is 4. The highest BCUT2D eigenvalue weighted by Crippen LogP contribution is 2.37. The molecule has 1 unspecified atom stereocenters. The molecule has 0 radical (unpaired) electrons. The number of anilines is 1. The molecule has 0 aliphatic carbocycles.